The van der Waals surface area contributed by atoms with Gasteiger partial charge in [0.15, 0.2) is 0 Å². The molecule has 0 spiro atoms. The molecule has 1 fully saturated rings. The van der Waals surface area contributed by atoms with Gasteiger partial charge in [0.2, 0.25) is 0 Å². The second-order valence-electron chi connectivity index (χ2n) is 7.70. The number of fused-ring (bicyclic) bond motifs is 1. The maximum Gasteiger partial charge on any atom is 0.128 e. The summed E-state index contributed by atoms with van der Waals surface area (Å²) in [5.74, 6) is 1.39. The molecule has 2 aliphatic rings. The molecule has 0 amide bonds. The second kappa shape index (κ2) is 8.41. The number of methoxy groups -OCH3 is 1. The lowest BCUT2D eigenvalue weighted by molar-refractivity contribution is -0.00441. The van der Waals surface area contributed by atoms with Gasteiger partial charge in [0.25, 0.3) is 0 Å². The van der Waals surface area contributed by atoms with E-state index in [1.54, 1.807) is 19.2 Å². The number of benzene rings is 2. The molecule has 1 aliphatic heterocycles. The maximum atomic E-state index is 13.7. The van der Waals surface area contributed by atoms with Gasteiger partial charge in [-0.1, -0.05) is 24.3 Å². The summed E-state index contributed by atoms with van der Waals surface area (Å²) in [5.41, 5.74) is 3.59. The van der Waals surface area contributed by atoms with Gasteiger partial charge in [0.1, 0.15) is 11.6 Å². The minimum Gasteiger partial charge on any atom is -0.497 e. The van der Waals surface area contributed by atoms with E-state index in [-0.39, 0.29) is 11.9 Å². The third kappa shape index (κ3) is 4.33. The molecule has 1 saturated heterocycles. The minimum atomic E-state index is -0.176. The van der Waals surface area contributed by atoms with Crippen molar-refractivity contribution in [2.75, 3.05) is 26.7 Å². The fourth-order valence-electron chi connectivity index (χ4n) is 4.38. The first-order valence-corrected chi connectivity index (χ1v) is 9.97. The van der Waals surface area contributed by atoms with Gasteiger partial charge in [-0.3, -0.25) is 0 Å². The van der Waals surface area contributed by atoms with Crippen molar-refractivity contribution < 1.29 is 13.9 Å². The van der Waals surface area contributed by atoms with Crippen LogP contribution in [-0.2, 0) is 17.8 Å². The molecule has 0 saturated carbocycles. The quantitative estimate of drug-likeness (QED) is 0.746. The van der Waals surface area contributed by atoms with Crippen LogP contribution in [0.4, 0.5) is 4.39 Å². The van der Waals surface area contributed by atoms with E-state index in [1.807, 2.05) is 6.07 Å². The Kier molecular flexibility index (Phi) is 5.74. The summed E-state index contributed by atoms with van der Waals surface area (Å²) in [5, 5.41) is 0. The van der Waals surface area contributed by atoms with Crippen LogP contribution in [0.3, 0.4) is 0 Å². The van der Waals surface area contributed by atoms with Crippen LogP contribution in [0.5, 0.6) is 5.75 Å². The molecule has 27 heavy (non-hydrogen) atoms. The maximum absolute atomic E-state index is 13.7. The molecular formula is C23H28FNO2. The van der Waals surface area contributed by atoms with Crippen LogP contribution in [0.2, 0.25) is 0 Å². The molecule has 144 valence electrons. The Morgan fingerprint density at radius 2 is 1.89 bits per heavy atom. The molecular weight excluding hydrogens is 341 g/mol. The monoisotopic (exact) mass is 369 g/mol. The van der Waals surface area contributed by atoms with Crippen molar-refractivity contribution in [3.8, 4) is 5.75 Å². The Hall–Kier alpha value is -1.91. The first-order valence-electron chi connectivity index (χ1n) is 9.97. The van der Waals surface area contributed by atoms with Crippen LogP contribution in [0.25, 0.3) is 0 Å². The lowest BCUT2D eigenvalue weighted by Gasteiger charge is -2.33. The van der Waals surface area contributed by atoms with Crippen molar-refractivity contribution in [3.63, 3.8) is 0 Å². The Morgan fingerprint density at radius 3 is 2.67 bits per heavy atom. The molecule has 4 heteroatoms. The van der Waals surface area contributed by atoms with E-state index in [0.29, 0.717) is 18.1 Å². The van der Waals surface area contributed by atoms with Crippen LogP contribution in [0.1, 0.15) is 41.9 Å². The number of hydrogen-bond acceptors (Lipinski definition) is 3. The lowest BCUT2D eigenvalue weighted by atomic mass is 9.98. The average molecular weight is 369 g/mol. The number of nitrogens with zero attached hydrogens (tertiary/aromatic N) is 1. The van der Waals surface area contributed by atoms with Gasteiger partial charge >= 0.3 is 0 Å². The van der Waals surface area contributed by atoms with Gasteiger partial charge in [-0.15, -0.1) is 0 Å². The zero-order chi connectivity index (χ0) is 18.6. The van der Waals surface area contributed by atoms with E-state index in [2.05, 4.69) is 23.1 Å². The number of halogens is 1. The number of piperidine rings is 1. The SMILES string of the molecule is COc1ccc2c(c1)C(CN1CCC(OCc3ccccc3F)CC1)CC2. The molecule has 0 aromatic heterocycles. The van der Waals surface area contributed by atoms with Crippen LogP contribution >= 0.6 is 0 Å². The fourth-order valence-corrected chi connectivity index (χ4v) is 4.38. The third-order valence-corrected chi connectivity index (χ3v) is 6.00. The normalized spacial score (nSPS) is 20.6. The van der Waals surface area contributed by atoms with Gasteiger partial charge in [-0.2, -0.15) is 0 Å². The van der Waals surface area contributed by atoms with Gasteiger partial charge in [0.05, 0.1) is 19.8 Å². The van der Waals surface area contributed by atoms with Crippen LogP contribution in [0, 0.1) is 5.82 Å². The van der Waals surface area contributed by atoms with Crippen molar-refractivity contribution in [3.05, 3.63) is 65.0 Å². The summed E-state index contributed by atoms with van der Waals surface area (Å²) in [4.78, 5) is 2.56. The molecule has 3 nitrogen and oxygen atoms in total. The topological polar surface area (TPSA) is 21.7 Å². The first-order chi connectivity index (χ1) is 13.2. The Balaban J connectivity index is 1.27. The summed E-state index contributed by atoms with van der Waals surface area (Å²) >= 11 is 0. The standard InChI is InChI=1S/C23H28FNO2/c1-26-21-9-8-17-6-7-18(22(17)14-21)15-25-12-10-20(11-13-25)27-16-19-4-2-3-5-23(19)24/h2-5,8-9,14,18,20H,6-7,10-13,15-16H2,1H3. The molecule has 2 aromatic rings. The highest BCUT2D eigenvalue weighted by atomic mass is 19.1. The molecule has 0 N–H and O–H groups in total. The van der Waals surface area contributed by atoms with Gasteiger partial charge < -0.3 is 14.4 Å². The Morgan fingerprint density at radius 1 is 1.07 bits per heavy atom. The lowest BCUT2D eigenvalue weighted by Crippen LogP contribution is -2.39. The predicted molar refractivity (Wildman–Crippen MR) is 105 cm³/mol. The number of hydrogen-bond donors (Lipinski definition) is 0. The smallest absolute Gasteiger partial charge is 0.128 e. The predicted octanol–water partition coefficient (Wildman–Crippen LogP) is 4.55. The zero-order valence-electron chi connectivity index (χ0n) is 16.0. The summed E-state index contributed by atoms with van der Waals surface area (Å²) in [6, 6.07) is 13.4. The molecule has 1 aliphatic carbocycles. The Bertz CT molecular complexity index is 771. The molecule has 2 aromatic carbocycles. The third-order valence-electron chi connectivity index (χ3n) is 6.00. The van der Waals surface area contributed by atoms with E-state index in [9.17, 15) is 4.39 Å². The number of likely N-dealkylation sites (tertiary alicyclic amines) is 1. The summed E-state index contributed by atoms with van der Waals surface area (Å²) < 4.78 is 25.1. The van der Waals surface area contributed by atoms with Crippen molar-refractivity contribution in [2.45, 2.75) is 44.3 Å². The molecule has 0 radical (unpaired) electrons. The second-order valence-corrected chi connectivity index (χ2v) is 7.70. The van der Waals surface area contributed by atoms with Crippen molar-refractivity contribution >= 4 is 0 Å². The van der Waals surface area contributed by atoms with Crippen molar-refractivity contribution in [2.24, 2.45) is 0 Å². The minimum absolute atomic E-state index is 0.176. The highest BCUT2D eigenvalue weighted by Gasteiger charge is 2.27. The molecule has 1 unspecified atom stereocenters. The number of rotatable bonds is 6. The van der Waals surface area contributed by atoms with E-state index in [0.717, 1.165) is 38.2 Å². The Labute approximate surface area is 161 Å². The van der Waals surface area contributed by atoms with Crippen molar-refractivity contribution in [1.29, 1.82) is 0 Å². The van der Waals surface area contributed by atoms with Crippen LogP contribution in [-0.4, -0.2) is 37.7 Å². The summed E-state index contributed by atoms with van der Waals surface area (Å²) in [6.07, 6.45) is 4.67. The molecule has 4 rings (SSSR count). The van der Waals surface area contributed by atoms with Gasteiger partial charge in [-0.05, 0) is 60.9 Å². The van der Waals surface area contributed by atoms with E-state index < -0.39 is 0 Å². The highest BCUT2D eigenvalue weighted by molar-refractivity contribution is 5.41. The fraction of sp³-hybridized carbons (Fsp3) is 0.478. The van der Waals surface area contributed by atoms with E-state index >= 15 is 0 Å². The number of ether oxygens (including phenoxy) is 2. The zero-order valence-corrected chi connectivity index (χ0v) is 16.0. The van der Waals surface area contributed by atoms with Crippen LogP contribution in [0.15, 0.2) is 42.5 Å². The highest BCUT2D eigenvalue weighted by Crippen LogP contribution is 2.36. The van der Waals surface area contributed by atoms with Gasteiger partial charge in [0, 0.05) is 25.2 Å². The van der Waals surface area contributed by atoms with Crippen molar-refractivity contribution in [1.82, 2.24) is 4.90 Å². The molecule has 1 atom stereocenters. The average Bonchev–Trinajstić information content (AvgIpc) is 3.10. The van der Waals surface area contributed by atoms with E-state index in [1.165, 1.54) is 30.0 Å². The van der Waals surface area contributed by atoms with Gasteiger partial charge in [-0.25, -0.2) is 4.39 Å². The van der Waals surface area contributed by atoms with Crippen LogP contribution < -0.4 is 4.74 Å². The van der Waals surface area contributed by atoms with E-state index in [4.69, 9.17) is 9.47 Å². The summed E-state index contributed by atoms with van der Waals surface area (Å²) in [7, 11) is 1.73. The first kappa shape index (κ1) is 18.5. The summed E-state index contributed by atoms with van der Waals surface area (Å²) in [6.45, 7) is 3.59. The number of aryl methyl sites for hydroxylation is 1. The largest absolute Gasteiger partial charge is 0.497 e. The molecule has 1 heterocycles. The molecule has 0 bridgehead atoms.